The van der Waals surface area contributed by atoms with Crippen molar-refractivity contribution in [3.63, 3.8) is 0 Å². The van der Waals surface area contributed by atoms with Crippen molar-refractivity contribution in [2.75, 3.05) is 0 Å². The fraction of sp³-hybridized carbons (Fsp3) is 0.333. The van der Waals surface area contributed by atoms with Crippen LogP contribution in [0.1, 0.15) is 43.0 Å². The molecule has 2 unspecified atom stereocenters. The number of aryl methyl sites for hydroxylation is 1. The van der Waals surface area contributed by atoms with E-state index in [0.717, 1.165) is 17.1 Å². The first-order valence-corrected chi connectivity index (χ1v) is 7.00. The Bertz CT molecular complexity index is 565. The molecule has 0 radical (unpaired) electrons. The molecule has 1 aromatic carbocycles. The Kier molecular flexibility index (Phi) is 4.56. The van der Waals surface area contributed by atoms with Crippen LogP contribution in [0.5, 0.6) is 0 Å². The van der Waals surface area contributed by atoms with Gasteiger partial charge in [0.1, 0.15) is 11.5 Å². The highest BCUT2D eigenvalue weighted by atomic mass is 35.5. The van der Waals surface area contributed by atoms with Gasteiger partial charge in [0.2, 0.25) is 0 Å². The quantitative estimate of drug-likeness (QED) is 0.827. The summed E-state index contributed by atoms with van der Waals surface area (Å²) in [6.45, 7) is 6.06. The molecule has 4 heteroatoms. The number of benzene rings is 1. The molecule has 0 saturated heterocycles. The third-order valence-corrected chi connectivity index (χ3v) is 3.69. The molecule has 0 aliphatic heterocycles. The van der Waals surface area contributed by atoms with Crippen molar-refractivity contribution >= 4 is 23.2 Å². The Morgan fingerprint density at radius 3 is 2.42 bits per heavy atom. The summed E-state index contributed by atoms with van der Waals surface area (Å²) in [6.07, 6.45) is 0. The Morgan fingerprint density at radius 1 is 1.05 bits per heavy atom. The molecule has 0 spiro atoms. The minimum atomic E-state index is 0.0895. The van der Waals surface area contributed by atoms with Gasteiger partial charge in [-0.3, -0.25) is 0 Å². The zero-order valence-corrected chi connectivity index (χ0v) is 12.7. The molecule has 0 aliphatic rings. The van der Waals surface area contributed by atoms with E-state index in [2.05, 4.69) is 19.2 Å². The van der Waals surface area contributed by atoms with Crippen molar-refractivity contribution < 1.29 is 4.42 Å². The summed E-state index contributed by atoms with van der Waals surface area (Å²) in [5.74, 6) is 1.83. The van der Waals surface area contributed by atoms with Crippen LogP contribution in [0.15, 0.2) is 34.7 Å². The average Bonchev–Trinajstić information content (AvgIpc) is 2.79. The fourth-order valence-electron chi connectivity index (χ4n) is 2.08. The standard InChI is InChI=1S/C15H17Cl2NO/c1-9-4-7-15(19-9)11(3)18-10(2)13-8-12(16)5-6-14(13)17/h4-8,10-11,18H,1-3H3. The normalized spacial score (nSPS) is 14.4. The van der Waals surface area contributed by atoms with E-state index in [1.54, 1.807) is 6.07 Å². The third kappa shape index (κ3) is 3.53. The predicted octanol–water partition coefficient (Wildman–Crippen LogP) is 5.31. The van der Waals surface area contributed by atoms with E-state index < -0.39 is 0 Å². The highest BCUT2D eigenvalue weighted by Crippen LogP contribution is 2.28. The number of halogens is 2. The molecule has 0 saturated carbocycles. The van der Waals surface area contributed by atoms with Crippen LogP contribution in [0.25, 0.3) is 0 Å². The Morgan fingerprint density at radius 2 is 1.79 bits per heavy atom. The van der Waals surface area contributed by atoms with Gasteiger partial charge in [0, 0.05) is 16.1 Å². The first-order chi connectivity index (χ1) is 8.97. The molecule has 0 aliphatic carbocycles. The fourth-order valence-corrected chi connectivity index (χ4v) is 2.54. The Hall–Kier alpha value is -0.960. The number of hydrogen-bond donors (Lipinski definition) is 1. The Balaban J connectivity index is 2.12. The molecule has 0 fully saturated rings. The van der Waals surface area contributed by atoms with Crippen molar-refractivity contribution in [2.45, 2.75) is 32.9 Å². The predicted molar refractivity (Wildman–Crippen MR) is 79.9 cm³/mol. The van der Waals surface area contributed by atoms with Crippen LogP contribution in [-0.2, 0) is 0 Å². The minimum Gasteiger partial charge on any atom is -0.465 e. The lowest BCUT2D eigenvalue weighted by Gasteiger charge is -2.20. The molecule has 2 nitrogen and oxygen atoms in total. The zero-order chi connectivity index (χ0) is 14.0. The summed E-state index contributed by atoms with van der Waals surface area (Å²) >= 11 is 12.2. The monoisotopic (exact) mass is 297 g/mol. The zero-order valence-electron chi connectivity index (χ0n) is 11.2. The molecule has 1 heterocycles. The van der Waals surface area contributed by atoms with Gasteiger partial charge in [-0.2, -0.15) is 0 Å². The third-order valence-electron chi connectivity index (χ3n) is 3.11. The largest absolute Gasteiger partial charge is 0.465 e. The lowest BCUT2D eigenvalue weighted by Crippen LogP contribution is -2.22. The average molecular weight is 298 g/mol. The molecule has 1 N–H and O–H groups in total. The second-order valence-corrected chi connectivity index (χ2v) is 5.57. The van der Waals surface area contributed by atoms with Crippen LogP contribution in [0.2, 0.25) is 10.0 Å². The minimum absolute atomic E-state index is 0.0895. The van der Waals surface area contributed by atoms with E-state index in [1.807, 2.05) is 31.2 Å². The van der Waals surface area contributed by atoms with E-state index in [4.69, 9.17) is 27.6 Å². The second-order valence-electron chi connectivity index (χ2n) is 4.72. The van der Waals surface area contributed by atoms with E-state index in [9.17, 15) is 0 Å². The molecule has 2 rings (SSSR count). The van der Waals surface area contributed by atoms with Gasteiger partial charge in [0.05, 0.1) is 6.04 Å². The van der Waals surface area contributed by atoms with E-state index in [0.29, 0.717) is 10.0 Å². The molecular weight excluding hydrogens is 281 g/mol. The number of nitrogens with one attached hydrogen (secondary N) is 1. The maximum absolute atomic E-state index is 6.20. The maximum Gasteiger partial charge on any atom is 0.120 e. The first kappa shape index (κ1) is 14.4. The van der Waals surface area contributed by atoms with E-state index in [1.165, 1.54) is 0 Å². The smallest absolute Gasteiger partial charge is 0.120 e. The summed E-state index contributed by atoms with van der Waals surface area (Å²) in [5, 5.41) is 4.86. The van der Waals surface area contributed by atoms with Gasteiger partial charge in [-0.1, -0.05) is 23.2 Å². The van der Waals surface area contributed by atoms with Gasteiger partial charge in [-0.05, 0) is 56.7 Å². The summed E-state index contributed by atoms with van der Waals surface area (Å²) in [6, 6.07) is 9.65. The van der Waals surface area contributed by atoms with Crippen LogP contribution in [0, 0.1) is 6.92 Å². The highest BCUT2D eigenvalue weighted by Gasteiger charge is 2.16. The van der Waals surface area contributed by atoms with Crippen LogP contribution < -0.4 is 5.32 Å². The highest BCUT2D eigenvalue weighted by molar-refractivity contribution is 6.33. The lowest BCUT2D eigenvalue weighted by atomic mass is 10.1. The van der Waals surface area contributed by atoms with Gasteiger partial charge in [-0.15, -0.1) is 0 Å². The number of hydrogen-bond acceptors (Lipinski definition) is 2. The van der Waals surface area contributed by atoms with Gasteiger partial charge in [0.15, 0.2) is 0 Å². The van der Waals surface area contributed by atoms with Gasteiger partial charge < -0.3 is 9.73 Å². The van der Waals surface area contributed by atoms with Crippen molar-refractivity contribution in [3.8, 4) is 0 Å². The Labute approximate surface area is 123 Å². The van der Waals surface area contributed by atoms with Crippen LogP contribution >= 0.6 is 23.2 Å². The van der Waals surface area contributed by atoms with Crippen LogP contribution in [0.4, 0.5) is 0 Å². The van der Waals surface area contributed by atoms with Crippen LogP contribution in [0.3, 0.4) is 0 Å². The van der Waals surface area contributed by atoms with Crippen molar-refractivity contribution in [1.82, 2.24) is 5.32 Å². The maximum atomic E-state index is 6.20. The van der Waals surface area contributed by atoms with Crippen molar-refractivity contribution in [3.05, 3.63) is 57.5 Å². The van der Waals surface area contributed by atoms with Crippen molar-refractivity contribution in [1.29, 1.82) is 0 Å². The van der Waals surface area contributed by atoms with E-state index in [-0.39, 0.29) is 12.1 Å². The molecule has 102 valence electrons. The molecule has 1 aromatic heterocycles. The second kappa shape index (κ2) is 6.00. The van der Waals surface area contributed by atoms with E-state index >= 15 is 0 Å². The summed E-state index contributed by atoms with van der Waals surface area (Å²) < 4.78 is 5.61. The van der Waals surface area contributed by atoms with Gasteiger partial charge >= 0.3 is 0 Å². The molecule has 0 amide bonds. The topological polar surface area (TPSA) is 25.2 Å². The van der Waals surface area contributed by atoms with Crippen LogP contribution in [-0.4, -0.2) is 0 Å². The summed E-state index contributed by atoms with van der Waals surface area (Å²) in [5.41, 5.74) is 0.990. The molecule has 2 aromatic rings. The molecule has 0 bridgehead atoms. The molecule has 2 atom stereocenters. The molecular formula is C15H17Cl2NO. The summed E-state index contributed by atoms with van der Waals surface area (Å²) in [4.78, 5) is 0. The summed E-state index contributed by atoms with van der Waals surface area (Å²) in [7, 11) is 0. The van der Waals surface area contributed by atoms with Crippen molar-refractivity contribution in [2.24, 2.45) is 0 Å². The SMILES string of the molecule is Cc1ccc(C(C)NC(C)c2cc(Cl)ccc2Cl)o1. The van der Waals surface area contributed by atoms with Gasteiger partial charge in [0.25, 0.3) is 0 Å². The lowest BCUT2D eigenvalue weighted by molar-refractivity contribution is 0.392. The van der Waals surface area contributed by atoms with Gasteiger partial charge in [-0.25, -0.2) is 0 Å². The molecule has 19 heavy (non-hydrogen) atoms. The first-order valence-electron chi connectivity index (χ1n) is 6.24. The number of furan rings is 1. The number of rotatable bonds is 4.